The van der Waals surface area contributed by atoms with Crippen LogP contribution in [0.15, 0.2) is 36.5 Å². The zero-order valence-electron chi connectivity index (χ0n) is 13.9. The van der Waals surface area contributed by atoms with Gasteiger partial charge < -0.3 is 9.90 Å². The first kappa shape index (κ1) is 22.6. The molecule has 0 fully saturated rings. The molecule has 0 atom stereocenters. The Morgan fingerprint density at radius 1 is 0.810 bits per heavy atom. The molecule has 0 aromatic rings. The standard InChI is InChI=1S/C18H30O2.Li/c1-2-3-4-5-6-7-8-9-10-11-12-13-14-15-16-17-18(19)20;/h5-10H,2-4,11-17H2,1H3,(H,19,20);/q;+1/p-1/b6-5+,8-7+,10-9-;. The zero-order chi connectivity index (χ0) is 14.9. The molecule has 0 aliphatic heterocycles. The Labute approximate surface area is 142 Å². The van der Waals surface area contributed by atoms with Crippen LogP contribution in [-0.4, -0.2) is 5.97 Å². The first-order valence-corrected chi connectivity index (χ1v) is 7.95. The molecule has 0 radical (unpaired) electrons. The maximum Gasteiger partial charge on any atom is 1.00 e. The maximum absolute atomic E-state index is 10.2. The number of carboxylic acids is 1. The quantitative estimate of drug-likeness (QED) is 0.291. The Kier molecular flexibility index (Phi) is 20.7. The molecule has 0 amide bonds. The van der Waals surface area contributed by atoms with Gasteiger partial charge in [0, 0.05) is 5.97 Å². The molecule has 3 heteroatoms. The van der Waals surface area contributed by atoms with Crippen LogP contribution in [0, 0.1) is 0 Å². The second kappa shape index (κ2) is 19.3. The average molecular weight is 284 g/mol. The number of aliphatic carboxylic acids is 1. The van der Waals surface area contributed by atoms with Crippen LogP contribution in [0.1, 0.15) is 71.1 Å². The number of allylic oxidation sites excluding steroid dienone is 6. The largest absolute Gasteiger partial charge is 1.00 e. The molecule has 0 bridgehead atoms. The number of carbonyl (C=O) groups is 1. The van der Waals surface area contributed by atoms with Crippen LogP contribution < -0.4 is 24.0 Å². The molecule has 114 valence electrons. The van der Waals surface area contributed by atoms with Crippen LogP contribution in [0.25, 0.3) is 0 Å². The van der Waals surface area contributed by atoms with Gasteiger partial charge in [0.1, 0.15) is 0 Å². The fourth-order valence-corrected chi connectivity index (χ4v) is 1.86. The molecule has 0 unspecified atom stereocenters. The first-order chi connectivity index (χ1) is 9.77. The predicted molar refractivity (Wildman–Crippen MR) is 84.3 cm³/mol. The Hall–Kier alpha value is -0.713. The van der Waals surface area contributed by atoms with E-state index in [1.807, 2.05) is 0 Å². The van der Waals surface area contributed by atoms with E-state index in [9.17, 15) is 9.90 Å². The summed E-state index contributed by atoms with van der Waals surface area (Å²) in [5, 5.41) is 10.2. The van der Waals surface area contributed by atoms with Gasteiger partial charge in [0.25, 0.3) is 0 Å². The zero-order valence-corrected chi connectivity index (χ0v) is 13.9. The fraction of sp³-hybridized carbons (Fsp3) is 0.611. The minimum absolute atomic E-state index is 0. The summed E-state index contributed by atoms with van der Waals surface area (Å²) in [5.41, 5.74) is 0. The summed E-state index contributed by atoms with van der Waals surface area (Å²) in [4.78, 5) is 10.2. The van der Waals surface area contributed by atoms with E-state index in [0.29, 0.717) is 0 Å². The molecule has 0 saturated heterocycles. The van der Waals surface area contributed by atoms with Crippen molar-refractivity contribution in [2.24, 2.45) is 0 Å². The van der Waals surface area contributed by atoms with E-state index < -0.39 is 5.97 Å². The number of hydrogen-bond donors (Lipinski definition) is 0. The van der Waals surface area contributed by atoms with Crippen LogP contribution >= 0.6 is 0 Å². The van der Waals surface area contributed by atoms with Crippen molar-refractivity contribution in [1.29, 1.82) is 0 Å². The fourth-order valence-electron chi connectivity index (χ4n) is 1.86. The van der Waals surface area contributed by atoms with Gasteiger partial charge >= 0.3 is 18.9 Å². The van der Waals surface area contributed by atoms with Crippen LogP contribution in [0.4, 0.5) is 0 Å². The minimum Gasteiger partial charge on any atom is -0.550 e. The topological polar surface area (TPSA) is 40.1 Å². The second-order valence-electron chi connectivity index (χ2n) is 5.06. The molecule has 2 nitrogen and oxygen atoms in total. The van der Waals surface area contributed by atoms with Crippen molar-refractivity contribution in [3.63, 3.8) is 0 Å². The van der Waals surface area contributed by atoms with Crippen molar-refractivity contribution in [3.05, 3.63) is 36.5 Å². The molecule has 0 aromatic carbocycles. The number of unbranched alkanes of at least 4 members (excludes halogenated alkanes) is 7. The number of carboxylic acid groups (broad SMARTS) is 1. The van der Waals surface area contributed by atoms with E-state index in [4.69, 9.17) is 0 Å². The Bertz CT molecular complexity index is 306. The molecule has 0 spiro atoms. The van der Waals surface area contributed by atoms with Gasteiger partial charge in [0.2, 0.25) is 0 Å². The van der Waals surface area contributed by atoms with E-state index in [0.717, 1.165) is 25.7 Å². The second-order valence-corrected chi connectivity index (χ2v) is 5.06. The SMILES string of the molecule is CCCC/C=C/C=C/C=C\CCCCCCCC(=O)[O-].[Li+]. The number of carbonyl (C=O) groups excluding carboxylic acids is 1. The number of hydrogen-bond acceptors (Lipinski definition) is 2. The molecule has 0 heterocycles. The van der Waals surface area contributed by atoms with Gasteiger partial charge in [-0.1, -0.05) is 75.5 Å². The third-order valence-corrected chi connectivity index (χ3v) is 3.08. The van der Waals surface area contributed by atoms with Crippen LogP contribution in [0.2, 0.25) is 0 Å². The van der Waals surface area contributed by atoms with E-state index in [1.54, 1.807) is 0 Å². The molecule has 0 aromatic heterocycles. The summed E-state index contributed by atoms with van der Waals surface area (Å²) in [5.74, 6) is -0.927. The summed E-state index contributed by atoms with van der Waals surface area (Å²) in [6, 6.07) is 0. The van der Waals surface area contributed by atoms with Crippen LogP contribution in [-0.2, 0) is 4.79 Å². The van der Waals surface area contributed by atoms with Crippen molar-refractivity contribution in [2.75, 3.05) is 0 Å². The summed E-state index contributed by atoms with van der Waals surface area (Å²) in [6.45, 7) is 2.20. The van der Waals surface area contributed by atoms with E-state index in [-0.39, 0.29) is 25.3 Å². The van der Waals surface area contributed by atoms with Gasteiger partial charge in [0.15, 0.2) is 0 Å². The van der Waals surface area contributed by atoms with Crippen LogP contribution in [0.5, 0.6) is 0 Å². The first-order valence-electron chi connectivity index (χ1n) is 7.95. The molecular formula is C18H29LiO2. The molecule has 0 aliphatic rings. The molecule has 21 heavy (non-hydrogen) atoms. The van der Waals surface area contributed by atoms with Gasteiger partial charge in [0.05, 0.1) is 0 Å². The summed E-state index contributed by atoms with van der Waals surface area (Å²) < 4.78 is 0. The van der Waals surface area contributed by atoms with Gasteiger partial charge in [-0.2, -0.15) is 0 Å². The monoisotopic (exact) mass is 284 g/mol. The molecule has 0 N–H and O–H groups in total. The normalized spacial score (nSPS) is 11.5. The van der Waals surface area contributed by atoms with Crippen molar-refractivity contribution in [3.8, 4) is 0 Å². The van der Waals surface area contributed by atoms with Crippen molar-refractivity contribution >= 4 is 5.97 Å². The minimum atomic E-state index is -0.927. The Morgan fingerprint density at radius 3 is 1.90 bits per heavy atom. The predicted octanol–water partition coefficient (Wildman–Crippen LogP) is 1.33. The summed E-state index contributed by atoms with van der Waals surface area (Å²) >= 11 is 0. The van der Waals surface area contributed by atoms with Crippen LogP contribution in [0.3, 0.4) is 0 Å². The van der Waals surface area contributed by atoms with Gasteiger partial charge in [-0.25, -0.2) is 0 Å². The molecule has 0 saturated carbocycles. The molecular weight excluding hydrogens is 255 g/mol. The van der Waals surface area contributed by atoms with Crippen molar-refractivity contribution < 1.29 is 28.8 Å². The van der Waals surface area contributed by atoms with E-state index in [2.05, 4.69) is 43.4 Å². The van der Waals surface area contributed by atoms with E-state index >= 15 is 0 Å². The maximum atomic E-state index is 10.2. The van der Waals surface area contributed by atoms with Crippen molar-refractivity contribution in [2.45, 2.75) is 71.1 Å². The van der Waals surface area contributed by atoms with Gasteiger partial charge in [-0.05, 0) is 32.1 Å². The average Bonchev–Trinajstić information content (AvgIpc) is 2.43. The Balaban J connectivity index is 0. The smallest absolute Gasteiger partial charge is 0.550 e. The molecule has 0 rings (SSSR count). The number of rotatable bonds is 13. The third-order valence-electron chi connectivity index (χ3n) is 3.08. The molecule has 0 aliphatic carbocycles. The van der Waals surface area contributed by atoms with E-state index in [1.165, 1.54) is 32.1 Å². The summed E-state index contributed by atoms with van der Waals surface area (Å²) in [6.07, 6.45) is 23.0. The van der Waals surface area contributed by atoms with Crippen molar-refractivity contribution in [1.82, 2.24) is 0 Å². The summed E-state index contributed by atoms with van der Waals surface area (Å²) in [7, 11) is 0. The van der Waals surface area contributed by atoms with Gasteiger partial charge in [-0.3, -0.25) is 0 Å². The Morgan fingerprint density at radius 2 is 1.33 bits per heavy atom. The third kappa shape index (κ3) is 21.7. The van der Waals surface area contributed by atoms with Gasteiger partial charge in [-0.15, -0.1) is 0 Å².